The van der Waals surface area contributed by atoms with Crippen molar-refractivity contribution in [1.82, 2.24) is 5.16 Å². The number of carbonyl (C=O) groups is 1. The van der Waals surface area contributed by atoms with Crippen LogP contribution in [0.3, 0.4) is 0 Å². The Hall–Kier alpha value is -2.73. The quantitative estimate of drug-likeness (QED) is 0.455. The van der Waals surface area contributed by atoms with Crippen molar-refractivity contribution >= 4 is 23.4 Å². The molecule has 1 aliphatic carbocycles. The van der Waals surface area contributed by atoms with Gasteiger partial charge in [0, 0.05) is 27.6 Å². The average Bonchev–Trinajstić information content (AvgIpc) is 3.18. The average molecular weight is 437 g/mol. The molecule has 0 bridgehead atoms. The van der Waals surface area contributed by atoms with Crippen molar-refractivity contribution < 1.29 is 14.1 Å². The van der Waals surface area contributed by atoms with Crippen molar-refractivity contribution in [3.8, 4) is 5.75 Å². The summed E-state index contributed by atoms with van der Waals surface area (Å²) in [4.78, 5) is 13.6. The summed E-state index contributed by atoms with van der Waals surface area (Å²) in [6, 6.07) is 17.0. The highest BCUT2D eigenvalue weighted by molar-refractivity contribution is 7.99. The molecule has 5 nitrogen and oxygen atoms in total. The van der Waals surface area contributed by atoms with E-state index in [0.29, 0.717) is 11.5 Å². The van der Waals surface area contributed by atoms with Gasteiger partial charge in [0.25, 0.3) is 5.91 Å². The van der Waals surface area contributed by atoms with E-state index in [-0.39, 0.29) is 11.3 Å². The zero-order valence-corrected chi connectivity index (χ0v) is 19.0. The van der Waals surface area contributed by atoms with E-state index in [1.165, 1.54) is 31.0 Å². The van der Waals surface area contributed by atoms with Crippen LogP contribution in [-0.2, 0) is 5.41 Å². The highest BCUT2D eigenvalue weighted by Gasteiger charge is 2.20. The van der Waals surface area contributed by atoms with Crippen molar-refractivity contribution in [3.05, 3.63) is 65.9 Å². The predicted octanol–water partition coefficient (Wildman–Crippen LogP) is 6.55. The fraction of sp³-hybridized carbons (Fsp3) is 0.360. The van der Waals surface area contributed by atoms with Gasteiger partial charge >= 0.3 is 0 Å². The fourth-order valence-corrected chi connectivity index (χ4v) is 3.92. The summed E-state index contributed by atoms with van der Waals surface area (Å²) in [7, 11) is 0. The van der Waals surface area contributed by atoms with E-state index in [0.717, 1.165) is 33.7 Å². The zero-order chi connectivity index (χ0) is 21.8. The number of hydrogen-bond donors (Lipinski definition) is 1. The molecule has 1 saturated carbocycles. The van der Waals surface area contributed by atoms with E-state index >= 15 is 0 Å². The Balaban J connectivity index is 1.31. The molecule has 4 rings (SSSR count). The van der Waals surface area contributed by atoms with Crippen LogP contribution in [-0.4, -0.2) is 17.7 Å². The number of benzene rings is 2. The van der Waals surface area contributed by atoms with Crippen molar-refractivity contribution in [2.24, 2.45) is 5.92 Å². The monoisotopic (exact) mass is 436 g/mol. The molecule has 0 spiro atoms. The Morgan fingerprint density at radius 2 is 1.84 bits per heavy atom. The summed E-state index contributed by atoms with van der Waals surface area (Å²) >= 11 is 1.51. The molecule has 6 heteroatoms. The van der Waals surface area contributed by atoms with Gasteiger partial charge in [-0.15, -0.1) is 0 Å². The molecular weight excluding hydrogens is 408 g/mol. The first-order valence-electron chi connectivity index (χ1n) is 10.7. The first-order valence-corrected chi connectivity index (χ1v) is 11.5. The maximum absolute atomic E-state index is 12.6. The van der Waals surface area contributed by atoms with Crippen LogP contribution >= 0.6 is 11.8 Å². The maximum Gasteiger partial charge on any atom is 0.255 e. The molecule has 0 radical (unpaired) electrons. The summed E-state index contributed by atoms with van der Waals surface area (Å²) in [6.07, 6.45) is 3.85. The molecule has 1 amide bonds. The standard InChI is InChI=1S/C25H28N2O3S/c1-25(2,3)22-15-23(27-30-22)31-21-13-7-18(8-14-21)24(28)26-19-9-11-20(12-10-19)29-16-17-5-4-6-17/h7-15,17H,4-6,16H2,1-3H3,(H,26,28). The molecule has 0 unspecified atom stereocenters. The van der Waals surface area contributed by atoms with Gasteiger partial charge in [-0.3, -0.25) is 4.79 Å². The SMILES string of the molecule is CC(C)(C)c1cc(Sc2ccc(C(=O)Nc3ccc(OCC4CCC4)cc3)cc2)no1. The molecule has 1 heterocycles. The number of amides is 1. The molecule has 0 atom stereocenters. The summed E-state index contributed by atoms with van der Waals surface area (Å²) in [5, 5.41) is 7.87. The normalized spacial score (nSPS) is 14.2. The zero-order valence-electron chi connectivity index (χ0n) is 18.2. The van der Waals surface area contributed by atoms with Gasteiger partial charge in [-0.2, -0.15) is 0 Å². The van der Waals surface area contributed by atoms with Gasteiger partial charge < -0.3 is 14.6 Å². The number of nitrogens with one attached hydrogen (secondary N) is 1. The smallest absolute Gasteiger partial charge is 0.255 e. The van der Waals surface area contributed by atoms with E-state index in [2.05, 4.69) is 31.2 Å². The molecule has 162 valence electrons. The summed E-state index contributed by atoms with van der Waals surface area (Å²) < 4.78 is 11.2. The summed E-state index contributed by atoms with van der Waals surface area (Å²) in [5.74, 6) is 2.25. The van der Waals surface area contributed by atoms with E-state index in [9.17, 15) is 4.79 Å². The van der Waals surface area contributed by atoms with Crippen molar-refractivity contribution in [2.75, 3.05) is 11.9 Å². The number of ether oxygens (including phenoxy) is 1. The van der Waals surface area contributed by atoms with Crippen LogP contribution in [0.4, 0.5) is 5.69 Å². The highest BCUT2D eigenvalue weighted by Crippen LogP contribution is 2.31. The van der Waals surface area contributed by atoms with Gasteiger partial charge in [-0.1, -0.05) is 44.1 Å². The molecular formula is C25H28N2O3S. The van der Waals surface area contributed by atoms with Gasteiger partial charge in [0.1, 0.15) is 16.5 Å². The molecule has 1 aliphatic rings. The van der Waals surface area contributed by atoms with Crippen LogP contribution < -0.4 is 10.1 Å². The third-order valence-corrected chi connectivity index (χ3v) is 6.30. The lowest BCUT2D eigenvalue weighted by Gasteiger charge is -2.25. The number of aromatic nitrogens is 1. The minimum atomic E-state index is -0.142. The fourth-order valence-electron chi connectivity index (χ4n) is 3.17. The van der Waals surface area contributed by atoms with Crippen LogP contribution in [0.1, 0.15) is 56.2 Å². The van der Waals surface area contributed by atoms with Gasteiger partial charge in [0.15, 0.2) is 0 Å². The predicted molar refractivity (Wildman–Crippen MR) is 123 cm³/mol. The second-order valence-electron chi connectivity index (χ2n) is 8.99. The Labute approximate surface area is 187 Å². The number of hydrogen-bond acceptors (Lipinski definition) is 5. The first-order chi connectivity index (χ1) is 14.9. The minimum Gasteiger partial charge on any atom is -0.493 e. The molecule has 1 aromatic heterocycles. The molecule has 1 fully saturated rings. The van der Waals surface area contributed by atoms with Crippen LogP contribution in [0.25, 0.3) is 0 Å². The molecule has 3 aromatic rings. The van der Waals surface area contributed by atoms with E-state index in [4.69, 9.17) is 9.26 Å². The maximum atomic E-state index is 12.6. The lowest BCUT2D eigenvalue weighted by molar-refractivity contribution is 0.102. The third kappa shape index (κ3) is 5.70. The summed E-state index contributed by atoms with van der Waals surface area (Å²) in [6.45, 7) is 7.05. The summed E-state index contributed by atoms with van der Waals surface area (Å²) in [5.41, 5.74) is 1.27. The van der Waals surface area contributed by atoms with Gasteiger partial charge in [-0.25, -0.2) is 0 Å². The van der Waals surface area contributed by atoms with Gasteiger partial charge in [-0.05, 0) is 67.3 Å². The second kappa shape index (κ2) is 9.18. The van der Waals surface area contributed by atoms with E-state index in [1.54, 1.807) is 0 Å². The lowest BCUT2D eigenvalue weighted by Crippen LogP contribution is -2.19. The number of carbonyl (C=O) groups excluding carboxylic acids is 1. The first kappa shape index (κ1) is 21.5. The largest absolute Gasteiger partial charge is 0.493 e. The number of nitrogens with zero attached hydrogens (tertiary/aromatic N) is 1. The number of rotatable bonds is 7. The minimum absolute atomic E-state index is 0.0747. The van der Waals surface area contributed by atoms with Crippen molar-refractivity contribution in [1.29, 1.82) is 0 Å². The Bertz CT molecular complexity index is 1020. The third-order valence-electron chi connectivity index (χ3n) is 5.39. The van der Waals surface area contributed by atoms with Crippen LogP contribution in [0.15, 0.2) is 69.0 Å². The molecule has 31 heavy (non-hydrogen) atoms. The highest BCUT2D eigenvalue weighted by atomic mass is 32.2. The number of anilines is 1. The van der Waals surface area contributed by atoms with Gasteiger partial charge in [0.2, 0.25) is 0 Å². The van der Waals surface area contributed by atoms with Crippen LogP contribution in [0.2, 0.25) is 0 Å². The van der Waals surface area contributed by atoms with Crippen LogP contribution in [0.5, 0.6) is 5.75 Å². The van der Waals surface area contributed by atoms with Crippen LogP contribution in [0, 0.1) is 5.92 Å². The molecule has 0 saturated heterocycles. The second-order valence-corrected chi connectivity index (χ2v) is 10.1. The Kier molecular flexibility index (Phi) is 6.37. The lowest BCUT2D eigenvalue weighted by atomic mass is 9.86. The topological polar surface area (TPSA) is 64.4 Å². The molecule has 2 aromatic carbocycles. The Morgan fingerprint density at radius 1 is 1.13 bits per heavy atom. The van der Waals surface area contributed by atoms with E-state index in [1.807, 2.05) is 54.6 Å². The van der Waals surface area contributed by atoms with Gasteiger partial charge in [0.05, 0.1) is 6.61 Å². The molecule has 0 aliphatic heterocycles. The van der Waals surface area contributed by atoms with Crippen molar-refractivity contribution in [3.63, 3.8) is 0 Å². The molecule has 1 N–H and O–H groups in total. The van der Waals surface area contributed by atoms with E-state index < -0.39 is 0 Å². The Morgan fingerprint density at radius 3 is 2.42 bits per heavy atom. The van der Waals surface area contributed by atoms with Crippen molar-refractivity contribution in [2.45, 2.75) is 55.4 Å².